The molecule has 3 aliphatic rings. The Hall–Kier alpha value is -2.10. The SMILES string of the molecule is O=C1CC(Cc2ccc(NCC3CC4C=CC3C4)cc2)C(=O)N1. The minimum atomic E-state index is -0.206. The van der Waals surface area contributed by atoms with Gasteiger partial charge in [-0.05, 0) is 54.7 Å². The van der Waals surface area contributed by atoms with Gasteiger partial charge >= 0.3 is 0 Å². The molecule has 2 aliphatic carbocycles. The van der Waals surface area contributed by atoms with Crippen LogP contribution in [0.1, 0.15) is 24.8 Å². The lowest BCUT2D eigenvalue weighted by Gasteiger charge is -2.19. The summed E-state index contributed by atoms with van der Waals surface area (Å²) in [6.07, 6.45) is 8.37. The zero-order chi connectivity index (χ0) is 15.8. The van der Waals surface area contributed by atoms with Crippen LogP contribution in [0.5, 0.6) is 0 Å². The normalized spacial score (nSPS) is 31.7. The van der Waals surface area contributed by atoms with E-state index in [2.05, 4.69) is 47.1 Å². The summed E-state index contributed by atoms with van der Waals surface area (Å²) in [7, 11) is 0. The number of carbonyl (C=O) groups is 2. The van der Waals surface area contributed by atoms with E-state index in [0.717, 1.165) is 35.5 Å². The molecule has 4 unspecified atom stereocenters. The van der Waals surface area contributed by atoms with E-state index in [-0.39, 0.29) is 17.7 Å². The average Bonchev–Trinajstić information content (AvgIpc) is 3.23. The summed E-state index contributed by atoms with van der Waals surface area (Å²) in [4.78, 5) is 22.8. The van der Waals surface area contributed by atoms with Gasteiger partial charge in [-0.3, -0.25) is 14.9 Å². The van der Waals surface area contributed by atoms with Crippen LogP contribution in [-0.2, 0) is 16.0 Å². The Morgan fingerprint density at radius 3 is 2.52 bits per heavy atom. The molecular formula is C19H22N2O2. The van der Waals surface area contributed by atoms with Crippen molar-refractivity contribution in [1.29, 1.82) is 0 Å². The van der Waals surface area contributed by atoms with Crippen molar-refractivity contribution in [2.75, 3.05) is 11.9 Å². The van der Waals surface area contributed by atoms with Gasteiger partial charge in [-0.2, -0.15) is 0 Å². The van der Waals surface area contributed by atoms with Crippen molar-refractivity contribution < 1.29 is 9.59 Å². The molecule has 2 amide bonds. The summed E-state index contributed by atoms with van der Waals surface area (Å²) >= 11 is 0. The Morgan fingerprint density at radius 1 is 1.09 bits per heavy atom. The van der Waals surface area contributed by atoms with Gasteiger partial charge in [0.1, 0.15) is 0 Å². The number of fused-ring (bicyclic) bond motifs is 2. The Bertz CT molecular complexity index is 650. The molecule has 2 bridgehead atoms. The van der Waals surface area contributed by atoms with Crippen LogP contribution in [-0.4, -0.2) is 18.4 Å². The van der Waals surface area contributed by atoms with E-state index in [1.54, 1.807) is 0 Å². The first-order valence-electron chi connectivity index (χ1n) is 8.52. The Balaban J connectivity index is 1.30. The van der Waals surface area contributed by atoms with Gasteiger partial charge in [-0.1, -0.05) is 24.3 Å². The number of allylic oxidation sites excluding steroid dienone is 2. The molecule has 120 valence electrons. The zero-order valence-electron chi connectivity index (χ0n) is 13.1. The van der Waals surface area contributed by atoms with Gasteiger partial charge in [-0.15, -0.1) is 0 Å². The molecule has 4 nitrogen and oxygen atoms in total. The maximum Gasteiger partial charge on any atom is 0.230 e. The van der Waals surface area contributed by atoms with Crippen molar-refractivity contribution >= 4 is 17.5 Å². The lowest BCUT2D eigenvalue weighted by Crippen LogP contribution is -2.22. The molecule has 2 N–H and O–H groups in total. The fourth-order valence-electron chi connectivity index (χ4n) is 4.19. The molecule has 4 rings (SSSR count). The van der Waals surface area contributed by atoms with Crippen molar-refractivity contribution in [2.24, 2.45) is 23.7 Å². The second-order valence-electron chi connectivity index (χ2n) is 7.14. The van der Waals surface area contributed by atoms with Gasteiger partial charge in [0, 0.05) is 18.7 Å². The van der Waals surface area contributed by atoms with Crippen LogP contribution in [0.25, 0.3) is 0 Å². The highest BCUT2D eigenvalue weighted by molar-refractivity contribution is 6.03. The van der Waals surface area contributed by atoms with Crippen molar-refractivity contribution in [3.8, 4) is 0 Å². The van der Waals surface area contributed by atoms with Crippen molar-refractivity contribution in [1.82, 2.24) is 5.32 Å². The highest BCUT2D eigenvalue weighted by Gasteiger charge is 2.35. The third-order valence-corrected chi connectivity index (χ3v) is 5.49. The summed E-state index contributed by atoms with van der Waals surface area (Å²) in [5, 5.41) is 5.91. The van der Waals surface area contributed by atoms with E-state index in [0.29, 0.717) is 12.8 Å². The number of benzene rings is 1. The van der Waals surface area contributed by atoms with Crippen molar-refractivity contribution in [3.05, 3.63) is 42.0 Å². The Kier molecular flexibility index (Phi) is 3.68. The van der Waals surface area contributed by atoms with E-state index < -0.39 is 0 Å². The highest BCUT2D eigenvalue weighted by atomic mass is 16.2. The predicted molar refractivity (Wildman–Crippen MR) is 88.7 cm³/mol. The van der Waals surface area contributed by atoms with Crippen LogP contribution in [0.3, 0.4) is 0 Å². The number of amides is 2. The number of rotatable bonds is 5. The summed E-state index contributed by atoms with van der Waals surface area (Å²) in [5.74, 6) is 1.85. The summed E-state index contributed by atoms with van der Waals surface area (Å²) < 4.78 is 0. The third-order valence-electron chi connectivity index (χ3n) is 5.49. The smallest absolute Gasteiger partial charge is 0.230 e. The van der Waals surface area contributed by atoms with Crippen molar-refractivity contribution in [3.63, 3.8) is 0 Å². The molecule has 0 spiro atoms. The van der Waals surface area contributed by atoms with Crippen LogP contribution in [0.15, 0.2) is 36.4 Å². The molecular weight excluding hydrogens is 288 g/mol. The average molecular weight is 310 g/mol. The first kappa shape index (κ1) is 14.5. The zero-order valence-corrected chi connectivity index (χ0v) is 13.1. The number of nitrogens with one attached hydrogen (secondary N) is 2. The number of hydrogen-bond acceptors (Lipinski definition) is 3. The van der Waals surface area contributed by atoms with E-state index in [4.69, 9.17) is 0 Å². The molecule has 1 aromatic rings. The minimum absolute atomic E-state index is 0.137. The third kappa shape index (κ3) is 3.03. The molecule has 1 saturated carbocycles. The number of hydrogen-bond donors (Lipinski definition) is 2. The number of anilines is 1. The van der Waals surface area contributed by atoms with E-state index in [9.17, 15) is 9.59 Å². The molecule has 2 fully saturated rings. The van der Waals surface area contributed by atoms with Crippen LogP contribution in [0, 0.1) is 23.7 Å². The van der Waals surface area contributed by atoms with Gasteiger partial charge in [0.2, 0.25) is 11.8 Å². The van der Waals surface area contributed by atoms with Crippen LogP contribution in [0.4, 0.5) is 5.69 Å². The maximum atomic E-state index is 11.6. The number of imide groups is 1. The fourth-order valence-corrected chi connectivity index (χ4v) is 4.19. The lowest BCUT2D eigenvalue weighted by molar-refractivity contribution is -0.125. The Labute approximate surface area is 136 Å². The molecule has 4 atom stereocenters. The topological polar surface area (TPSA) is 58.2 Å². The second kappa shape index (κ2) is 5.84. The summed E-state index contributed by atoms with van der Waals surface area (Å²) in [6, 6.07) is 8.26. The van der Waals surface area contributed by atoms with E-state index in [1.807, 2.05) is 0 Å². The van der Waals surface area contributed by atoms with Gasteiger partial charge in [0.05, 0.1) is 5.92 Å². The van der Waals surface area contributed by atoms with Crippen LogP contribution < -0.4 is 10.6 Å². The largest absolute Gasteiger partial charge is 0.385 e. The molecule has 1 aliphatic heterocycles. The Morgan fingerprint density at radius 2 is 1.91 bits per heavy atom. The van der Waals surface area contributed by atoms with Crippen molar-refractivity contribution in [2.45, 2.75) is 25.7 Å². The molecule has 1 heterocycles. The molecule has 4 heteroatoms. The molecule has 0 radical (unpaired) electrons. The van der Waals surface area contributed by atoms with E-state index >= 15 is 0 Å². The maximum absolute atomic E-state index is 11.6. The predicted octanol–water partition coefficient (Wildman–Crippen LogP) is 2.52. The van der Waals surface area contributed by atoms with Gasteiger partial charge in [0.25, 0.3) is 0 Å². The summed E-state index contributed by atoms with van der Waals surface area (Å²) in [6.45, 7) is 1.03. The standard InChI is InChI=1S/C19H22N2O2/c22-18-10-15(19(23)21-18)7-12-2-5-17(6-3-12)20-11-16-9-13-1-4-14(16)8-13/h1-6,13-16,20H,7-11H2,(H,21,22,23). The number of carbonyl (C=O) groups excluding carboxylic acids is 2. The molecule has 1 saturated heterocycles. The van der Waals surface area contributed by atoms with Crippen LogP contribution >= 0.6 is 0 Å². The lowest BCUT2D eigenvalue weighted by atomic mass is 9.93. The van der Waals surface area contributed by atoms with Gasteiger partial charge < -0.3 is 5.32 Å². The first-order valence-corrected chi connectivity index (χ1v) is 8.52. The summed E-state index contributed by atoms with van der Waals surface area (Å²) in [5.41, 5.74) is 2.24. The molecule has 1 aromatic carbocycles. The van der Waals surface area contributed by atoms with Gasteiger partial charge in [0.15, 0.2) is 0 Å². The van der Waals surface area contributed by atoms with Crippen LogP contribution in [0.2, 0.25) is 0 Å². The molecule has 0 aromatic heterocycles. The monoisotopic (exact) mass is 310 g/mol. The second-order valence-corrected chi connectivity index (χ2v) is 7.14. The minimum Gasteiger partial charge on any atom is -0.385 e. The molecule has 23 heavy (non-hydrogen) atoms. The van der Waals surface area contributed by atoms with Gasteiger partial charge in [-0.25, -0.2) is 0 Å². The van der Waals surface area contributed by atoms with E-state index in [1.165, 1.54) is 12.8 Å². The first-order chi connectivity index (χ1) is 11.2. The fraction of sp³-hybridized carbons (Fsp3) is 0.474. The quantitative estimate of drug-likeness (QED) is 0.649. The highest BCUT2D eigenvalue weighted by Crippen LogP contribution is 2.43.